The predicted molar refractivity (Wildman–Crippen MR) is 293 cm³/mol. The van der Waals surface area contributed by atoms with Gasteiger partial charge < -0.3 is 18.7 Å². The van der Waals surface area contributed by atoms with Crippen molar-refractivity contribution in [1.29, 1.82) is 0 Å². The zero-order valence-corrected chi connectivity index (χ0v) is 41.5. The van der Waals surface area contributed by atoms with Crippen molar-refractivity contribution >= 4 is 95.3 Å². The summed E-state index contributed by atoms with van der Waals surface area (Å²) in [6.07, 6.45) is 2.32. The van der Waals surface area contributed by atoms with Crippen LogP contribution >= 0.6 is 0 Å². The van der Waals surface area contributed by atoms with Gasteiger partial charge >= 0.3 is 0 Å². The molecule has 0 amide bonds. The number of rotatable bonds is 3. The van der Waals surface area contributed by atoms with E-state index in [9.17, 15) is 0 Å². The molecule has 14 rings (SSSR count). The Morgan fingerprint density at radius 2 is 1.22 bits per heavy atom. The second-order valence-electron chi connectivity index (χ2n) is 23.7. The van der Waals surface area contributed by atoms with Crippen LogP contribution in [0.25, 0.3) is 93.6 Å². The molecule has 338 valence electrons. The number of nitrogens with zero attached hydrogens (tertiary/aromatic N) is 1. The summed E-state index contributed by atoms with van der Waals surface area (Å²) >= 11 is 0. The molecule has 0 unspecified atom stereocenters. The molecular weight excluding hydrogens is 840 g/mol. The first kappa shape index (κ1) is 41.0. The van der Waals surface area contributed by atoms with Crippen LogP contribution < -0.4 is 16.2 Å². The van der Waals surface area contributed by atoms with Gasteiger partial charge in [-0.1, -0.05) is 135 Å². The highest BCUT2D eigenvalue weighted by atomic mass is 16.3. The average molecular weight is 897 g/mol. The summed E-state index contributed by atoms with van der Waals surface area (Å²) < 4.78 is 16.3. The number of aryl methyl sites for hydroxylation is 1. The Morgan fingerprint density at radius 1 is 0.551 bits per heavy atom. The van der Waals surface area contributed by atoms with Crippen LogP contribution in [0.1, 0.15) is 109 Å². The highest BCUT2D eigenvalue weighted by molar-refractivity contribution is 6.73. The normalized spacial score (nSPS) is 16.3. The molecule has 8 aromatic carbocycles. The molecule has 11 aromatic rings. The molecule has 1 aliphatic heterocycles. The molecule has 0 radical (unpaired) electrons. The lowest BCUT2D eigenvalue weighted by Crippen LogP contribution is -2.38. The molecule has 4 nitrogen and oxygen atoms in total. The molecule has 0 fully saturated rings. The van der Waals surface area contributed by atoms with Gasteiger partial charge in [0.05, 0.1) is 5.52 Å². The summed E-state index contributed by atoms with van der Waals surface area (Å²) in [5.74, 6) is 0. The molecule has 4 heterocycles. The third-order valence-electron chi connectivity index (χ3n) is 17.1. The number of fused-ring (bicyclic) bond motifs is 15. The first-order valence-electron chi connectivity index (χ1n) is 25.1. The van der Waals surface area contributed by atoms with Crippen molar-refractivity contribution in [3.8, 4) is 27.9 Å². The summed E-state index contributed by atoms with van der Waals surface area (Å²) in [5.41, 5.74) is 25.5. The van der Waals surface area contributed by atoms with Gasteiger partial charge in [0.2, 0.25) is 0 Å². The third-order valence-corrected chi connectivity index (χ3v) is 17.1. The summed E-state index contributed by atoms with van der Waals surface area (Å²) in [4.78, 5) is 0. The fourth-order valence-corrected chi connectivity index (χ4v) is 13.1. The number of hydrogen-bond acceptors (Lipinski definition) is 3. The van der Waals surface area contributed by atoms with Crippen molar-refractivity contribution in [3.05, 3.63) is 161 Å². The number of nitrogens with one attached hydrogen (secondary N) is 1. The van der Waals surface area contributed by atoms with Gasteiger partial charge in [0, 0.05) is 71.9 Å². The largest absolute Gasteiger partial charge is 0.456 e. The second-order valence-corrected chi connectivity index (χ2v) is 23.7. The molecule has 0 bridgehead atoms. The lowest BCUT2D eigenvalue weighted by Gasteiger charge is -2.41. The van der Waals surface area contributed by atoms with Gasteiger partial charge in [0.1, 0.15) is 22.3 Å². The maximum atomic E-state index is 7.06. The van der Waals surface area contributed by atoms with Crippen molar-refractivity contribution in [2.45, 2.75) is 104 Å². The van der Waals surface area contributed by atoms with Crippen LogP contribution in [0.4, 0.5) is 11.4 Å². The number of aromatic nitrogens is 1. The zero-order valence-electron chi connectivity index (χ0n) is 41.5. The van der Waals surface area contributed by atoms with Gasteiger partial charge in [-0.3, -0.25) is 0 Å². The molecular formula is C64H57BN2O2. The quantitative estimate of drug-likeness (QED) is 0.180. The average Bonchev–Trinajstić information content (AvgIpc) is 4.03. The van der Waals surface area contributed by atoms with Crippen LogP contribution in [0.15, 0.2) is 136 Å². The van der Waals surface area contributed by atoms with Gasteiger partial charge in [-0.15, -0.1) is 0 Å². The molecule has 0 saturated carbocycles. The Bertz CT molecular complexity index is 4090. The summed E-state index contributed by atoms with van der Waals surface area (Å²) in [6.45, 7) is 23.6. The molecule has 0 atom stereocenters. The third kappa shape index (κ3) is 5.65. The van der Waals surface area contributed by atoms with Gasteiger partial charge in [0.15, 0.2) is 7.28 Å². The van der Waals surface area contributed by atoms with E-state index in [2.05, 4.69) is 207 Å². The zero-order chi connectivity index (χ0) is 47.3. The van der Waals surface area contributed by atoms with Crippen LogP contribution in [-0.2, 0) is 21.7 Å². The van der Waals surface area contributed by atoms with Gasteiger partial charge in [0.25, 0.3) is 0 Å². The van der Waals surface area contributed by atoms with E-state index >= 15 is 0 Å². The molecule has 5 heteroatoms. The van der Waals surface area contributed by atoms with E-state index in [-0.39, 0.29) is 21.7 Å². The van der Waals surface area contributed by atoms with E-state index < -0.39 is 0 Å². The fraction of sp³-hybridized carbons (Fsp3) is 0.250. The minimum absolute atomic E-state index is 0.0535. The Labute approximate surface area is 404 Å². The van der Waals surface area contributed by atoms with E-state index in [4.69, 9.17) is 8.83 Å². The minimum atomic E-state index is -0.124. The van der Waals surface area contributed by atoms with Crippen LogP contribution in [0.2, 0.25) is 0 Å². The molecule has 0 spiro atoms. The lowest BCUT2D eigenvalue weighted by molar-refractivity contribution is 0.332. The summed E-state index contributed by atoms with van der Waals surface area (Å²) in [7, 11) is 0.797. The second kappa shape index (κ2) is 13.4. The summed E-state index contributed by atoms with van der Waals surface area (Å²) in [5, 5.41) is 11.2. The Kier molecular flexibility index (Phi) is 7.98. The first-order valence-corrected chi connectivity index (χ1v) is 25.1. The van der Waals surface area contributed by atoms with E-state index in [1.54, 1.807) is 0 Å². The fourth-order valence-electron chi connectivity index (χ4n) is 13.1. The number of benzene rings is 8. The SMILES string of the molecule is Cc1cc(-c2cc3oc4cc5c(cc4c3cc2Nc2ccc(C(C)(C)C)cc2)C(C)(C)CCC5(C)C)c2c3c1c1cc4c(cc1n3-c1cc3c(cc1B2)C(C)(C)c1ccccc1-3)oc1ccccc14. The number of anilines is 2. The van der Waals surface area contributed by atoms with Crippen molar-refractivity contribution in [2.24, 2.45) is 0 Å². The first-order chi connectivity index (χ1) is 32.9. The number of furan rings is 2. The Morgan fingerprint density at radius 3 is 2.00 bits per heavy atom. The van der Waals surface area contributed by atoms with Crippen LogP contribution in [0.5, 0.6) is 0 Å². The predicted octanol–water partition coefficient (Wildman–Crippen LogP) is 16.0. The standard InChI is InChI=1S/C64H57BN2O2/c1-34-25-44(40-30-55-43(28-51(40)66-36-21-19-35(20-22-36)61(2,3)4)42-27-48-49(32-56(42)69-55)63(7,8)24-23-62(48,5)6)59-60-58(34)45-26-41-38-16-12-14-18-54(38)68-57(41)33-52(45)67(60)53-29-39-37-15-11-13-17-46(37)64(9,10)47(39)31-50(53)65-59/h11-22,25-33,65-66H,23-24H2,1-10H3. The molecule has 0 saturated heterocycles. The lowest BCUT2D eigenvalue weighted by atomic mass is 9.58. The Hall–Kier alpha value is -6.98. The van der Waals surface area contributed by atoms with Crippen LogP contribution in [-0.4, -0.2) is 11.8 Å². The molecule has 2 aliphatic carbocycles. The highest BCUT2D eigenvalue weighted by Crippen LogP contribution is 2.52. The summed E-state index contributed by atoms with van der Waals surface area (Å²) in [6, 6.07) is 48.3. The van der Waals surface area contributed by atoms with Gasteiger partial charge in [-0.05, 0) is 146 Å². The highest BCUT2D eigenvalue weighted by Gasteiger charge is 2.40. The van der Waals surface area contributed by atoms with Gasteiger partial charge in [-0.2, -0.15) is 0 Å². The number of hydrogen-bond donors (Lipinski definition) is 1. The van der Waals surface area contributed by atoms with E-state index in [1.165, 1.54) is 93.9 Å². The minimum Gasteiger partial charge on any atom is -0.456 e. The van der Waals surface area contributed by atoms with E-state index in [0.29, 0.717) is 0 Å². The van der Waals surface area contributed by atoms with Crippen LogP contribution in [0.3, 0.4) is 0 Å². The Balaban J connectivity index is 1.07. The maximum Gasteiger partial charge on any atom is 0.198 e. The van der Waals surface area contributed by atoms with Crippen molar-refractivity contribution in [3.63, 3.8) is 0 Å². The molecule has 69 heavy (non-hydrogen) atoms. The molecule has 3 aromatic heterocycles. The smallest absolute Gasteiger partial charge is 0.198 e. The van der Waals surface area contributed by atoms with E-state index in [1.807, 2.05) is 0 Å². The topological polar surface area (TPSA) is 43.2 Å². The van der Waals surface area contributed by atoms with Crippen molar-refractivity contribution in [1.82, 2.24) is 4.57 Å². The maximum absolute atomic E-state index is 7.06. The van der Waals surface area contributed by atoms with Crippen molar-refractivity contribution < 1.29 is 8.83 Å². The monoisotopic (exact) mass is 896 g/mol. The molecule has 1 N–H and O–H groups in total. The van der Waals surface area contributed by atoms with Crippen molar-refractivity contribution in [2.75, 3.05) is 5.32 Å². The van der Waals surface area contributed by atoms with Crippen LogP contribution in [0, 0.1) is 6.92 Å². The number of para-hydroxylation sites is 1. The molecule has 3 aliphatic rings. The van der Waals surface area contributed by atoms with Gasteiger partial charge in [-0.25, -0.2) is 0 Å². The van der Waals surface area contributed by atoms with E-state index in [0.717, 1.165) is 75.6 Å².